The average molecular weight is 393 g/mol. The summed E-state index contributed by atoms with van der Waals surface area (Å²) in [4.78, 5) is 26.6. The van der Waals surface area contributed by atoms with Crippen LogP contribution in [0.1, 0.15) is 27.6 Å². The molecule has 8 heteroatoms. The highest BCUT2D eigenvalue weighted by molar-refractivity contribution is 7.12. The van der Waals surface area contributed by atoms with E-state index in [-0.39, 0.29) is 30.3 Å². The molecule has 3 rings (SSSR count). The number of benzene rings is 1. The topological polar surface area (TPSA) is 61.4 Å². The van der Waals surface area contributed by atoms with Crippen molar-refractivity contribution in [2.75, 3.05) is 26.7 Å². The molecule has 2 heterocycles. The van der Waals surface area contributed by atoms with Crippen LogP contribution in [0.2, 0.25) is 0 Å². The standard InChI is InChI=1S/C19H21F2N3O2S/c1-24(19(26)17-3-2-8-27-17)11-18(25)23-16-10-22-7-6-13(16)12-4-5-14(20)15(21)9-12/h2-5,8-9,13,16,22H,6-7,10-11H2,1H3,(H,23,25). The number of halogens is 2. The molecule has 1 aromatic heterocycles. The predicted molar refractivity (Wildman–Crippen MR) is 99.8 cm³/mol. The second kappa shape index (κ2) is 8.58. The molecule has 27 heavy (non-hydrogen) atoms. The number of carbonyl (C=O) groups excluding carboxylic acids is 2. The maximum absolute atomic E-state index is 13.6. The van der Waals surface area contributed by atoms with E-state index in [9.17, 15) is 18.4 Å². The van der Waals surface area contributed by atoms with Crippen LogP contribution in [0.15, 0.2) is 35.7 Å². The highest BCUT2D eigenvalue weighted by Gasteiger charge is 2.29. The molecule has 0 radical (unpaired) electrons. The maximum Gasteiger partial charge on any atom is 0.264 e. The molecule has 0 saturated carbocycles. The Morgan fingerprint density at radius 1 is 1.30 bits per heavy atom. The summed E-state index contributed by atoms with van der Waals surface area (Å²) in [6.45, 7) is 1.18. The van der Waals surface area contributed by atoms with Gasteiger partial charge in [-0.15, -0.1) is 11.3 Å². The van der Waals surface area contributed by atoms with E-state index >= 15 is 0 Å². The number of piperidine rings is 1. The minimum absolute atomic E-state index is 0.0717. The molecular formula is C19H21F2N3O2S. The van der Waals surface area contributed by atoms with Crippen LogP contribution in [0.5, 0.6) is 0 Å². The second-order valence-electron chi connectivity index (χ2n) is 6.59. The zero-order valence-electron chi connectivity index (χ0n) is 14.9. The van der Waals surface area contributed by atoms with Crippen LogP contribution in [0.3, 0.4) is 0 Å². The van der Waals surface area contributed by atoms with Crippen molar-refractivity contribution in [2.24, 2.45) is 0 Å². The molecule has 1 aliphatic rings. The van der Waals surface area contributed by atoms with Crippen LogP contribution < -0.4 is 10.6 Å². The summed E-state index contributed by atoms with van der Waals surface area (Å²) in [7, 11) is 1.58. The largest absolute Gasteiger partial charge is 0.350 e. The van der Waals surface area contributed by atoms with Gasteiger partial charge in [0.25, 0.3) is 5.91 Å². The van der Waals surface area contributed by atoms with E-state index in [1.165, 1.54) is 22.3 Å². The number of rotatable bonds is 5. The van der Waals surface area contributed by atoms with Crippen molar-refractivity contribution in [1.82, 2.24) is 15.5 Å². The van der Waals surface area contributed by atoms with Crippen molar-refractivity contribution in [1.29, 1.82) is 0 Å². The van der Waals surface area contributed by atoms with Crippen LogP contribution >= 0.6 is 11.3 Å². The fourth-order valence-corrected chi connectivity index (χ4v) is 4.00. The minimum Gasteiger partial charge on any atom is -0.350 e. The first-order chi connectivity index (χ1) is 13.0. The van der Waals surface area contributed by atoms with E-state index < -0.39 is 11.6 Å². The van der Waals surface area contributed by atoms with E-state index in [1.807, 2.05) is 0 Å². The monoisotopic (exact) mass is 393 g/mol. The number of nitrogens with zero attached hydrogens (tertiary/aromatic N) is 1. The SMILES string of the molecule is CN(CC(=O)NC1CNCCC1c1ccc(F)c(F)c1)C(=O)c1cccs1. The quantitative estimate of drug-likeness (QED) is 0.820. The predicted octanol–water partition coefficient (Wildman–Crippen LogP) is 2.36. The lowest BCUT2D eigenvalue weighted by molar-refractivity contribution is -0.122. The van der Waals surface area contributed by atoms with Gasteiger partial charge in [-0.1, -0.05) is 12.1 Å². The van der Waals surface area contributed by atoms with Gasteiger partial charge in [0.15, 0.2) is 11.6 Å². The number of hydrogen-bond donors (Lipinski definition) is 2. The van der Waals surface area contributed by atoms with Gasteiger partial charge in [0.1, 0.15) is 0 Å². The van der Waals surface area contributed by atoms with Gasteiger partial charge in [-0.05, 0) is 42.1 Å². The summed E-state index contributed by atoms with van der Waals surface area (Å²) in [6, 6.07) is 7.09. The van der Waals surface area contributed by atoms with Crippen LogP contribution in [0.4, 0.5) is 8.78 Å². The Morgan fingerprint density at radius 2 is 2.11 bits per heavy atom. The Hall–Kier alpha value is -2.32. The normalized spacial score (nSPS) is 19.5. The molecule has 0 aliphatic carbocycles. The lowest BCUT2D eigenvalue weighted by atomic mass is 9.86. The Morgan fingerprint density at radius 3 is 2.81 bits per heavy atom. The Bertz CT molecular complexity index is 813. The van der Waals surface area contributed by atoms with Gasteiger partial charge in [-0.25, -0.2) is 8.78 Å². The van der Waals surface area contributed by atoms with Crippen LogP contribution in [0.25, 0.3) is 0 Å². The Labute approximate surface area is 160 Å². The van der Waals surface area contributed by atoms with E-state index in [4.69, 9.17) is 0 Å². The molecule has 2 N–H and O–H groups in total. The summed E-state index contributed by atoms with van der Waals surface area (Å²) in [5.74, 6) is -2.40. The number of likely N-dealkylation sites (N-methyl/N-ethyl adjacent to an activating group) is 1. The Kier molecular flexibility index (Phi) is 6.18. The third-order valence-corrected chi connectivity index (χ3v) is 5.52. The highest BCUT2D eigenvalue weighted by atomic mass is 32.1. The van der Waals surface area contributed by atoms with Crippen molar-refractivity contribution in [3.05, 3.63) is 57.8 Å². The van der Waals surface area contributed by atoms with Gasteiger partial charge in [0.2, 0.25) is 5.91 Å². The maximum atomic E-state index is 13.6. The summed E-state index contributed by atoms with van der Waals surface area (Å²) < 4.78 is 26.8. The molecule has 5 nitrogen and oxygen atoms in total. The van der Waals surface area contributed by atoms with Crippen molar-refractivity contribution in [3.8, 4) is 0 Å². The molecule has 0 spiro atoms. The minimum atomic E-state index is -0.891. The van der Waals surface area contributed by atoms with E-state index in [0.717, 1.165) is 12.6 Å². The third kappa shape index (κ3) is 4.70. The lowest BCUT2D eigenvalue weighted by Gasteiger charge is -2.33. The molecule has 2 atom stereocenters. The van der Waals surface area contributed by atoms with Gasteiger partial charge in [0, 0.05) is 25.6 Å². The van der Waals surface area contributed by atoms with Gasteiger partial charge in [-0.3, -0.25) is 9.59 Å². The zero-order valence-corrected chi connectivity index (χ0v) is 15.7. The fourth-order valence-electron chi connectivity index (χ4n) is 3.28. The fraction of sp³-hybridized carbons (Fsp3) is 0.368. The average Bonchev–Trinajstić information content (AvgIpc) is 3.18. The summed E-state index contributed by atoms with van der Waals surface area (Å²) in [5.41, 5.74) is 0.656. The molecule has 1 saturated heterocycles. The summed E-state index contributed by atoms with van der Waals surface area (Å²) in [5, 5.41) is 7.93. The van der Waals surface area contributed by atoms with E-state index in [2.05, 4.69) is 10.6 Å². The third-order valence-electron chi connectivity index (χ3n) is 4.66. The zero-order chi connectivity index (χ0) is 19.4. The summed E-state index contributed by atoms with van der Waals surface area (Å²) in [6.07, 6.45) is 0.694. The highest BCUT2D eigenvalue weighted by Crippen LogP contribution is 2.27. The van der Waals surface area contributed by atoms with Gasteiger partial charge >= 0.3 is 0 Å². The first-order valence-electron chi connectivity index (χ1n) is 8.69. The van der Waals surface area contributed by atoms with Gasteiger partial charge in [-0.2, -0.15) is 0 Å². The first kappa shape index (κ1) is 19.4. The van der Waals surface area contributed by atoms with Gasteiger partial charge < -0.3 is 15.5 Å². The molecule has 2 aromatic rings. The van der Waals surface area contributed by atoms with Crippen molar-refractivity contribution in [2.45, 2.75) is 18.4 Å². The summed E-state index contributed by atoms with van der Waals surface area (Å²) >= 11 is 1.32. The number of thiophene rings is 1. The van der Waals surface area contributed by atoms with E-state index in [1.54, 1.807) is 30.6 Å². The number of amides is 2. The van der Waals surface area contributed by atoms with Crippen molar-refractivity contribution in [3.63, 3.8) is 0 Å². The second-order valence-corrected chi connectivity index (χ2v) is 7.53. The molecule has 144 valence electrons. The molecule has 0 bridgehead atoms. The molecular weight excluding hydrogens is 372 g/mol. The van der Waals surface area contributed by atoms with E-state index in [0.29, 0.717) is 23.4 Å². The Balaban J connectivity index is 1.64. The molecule has 2 amide bonds. The molecule has 1 aliphatic heterocycles. The number of carbonyl (C=O) groups is 2. The molecule has 1 fully saturated rings. The first-order valence-corrected chi connectivity index (χ1v) is 9.57. The van der Waals surface area contributed by atoms with Crippen LogP contribution in [0, 0.1) is 11.6 Å². The molecule has 1 aromatic carbocycles. The number of hydrogen-bond acceptors (Lipinski definition) is 4. The number of nitrogens with one attached hydrogen (secondary N) is 2. The smallest absolute Gasteiger partial charge is 0.264 e. The van der Waals surface area contributed by atoms with Crippen LogP contribution in [-0.4, -0.2) is 49.4 Å². The molecule has 2 unspecified atom stereocenters. The van der Waals surface area contributed by atoms with Crippen LogP contribution in [-0.2, 0) is 4.79 Å². The lowest BCUT2D eigenvalue weighted by Crippen LogP contribution is -2.52. The van der Waals surface area contributed by atoms with Gasteiger partial charge in [0.05, 0.1) is 11.4 Å². The van der Waals surface area contributed by atoms with Crippen molar-refractivity contribution >= 4 is 23.2 Å². The van der Waals surface area contributed by atoms with Crippen molar-refractivity contribution < 1.29 is 18.4 Å².